The van der Waals surface area contributed by atoms with E-state index in [1.807, 2.05) is 16.7 Å². The van der Waals surface area contributed by atoms with E-state index in [2.05, 4.69) is 55.1 Å². The maximum Gasteiger partial charge on any atom is 0.243 e. The lowest BCUT2D eigenvalue weighted by Gasteiger charge is -2.14. The summed E-state index contributed by atoms with van der Waals surface area (Å²) >= 11 is 4.60. The maximum atomic E-state index is 12.1. The molecule has 2 aromatic carbocycles. The van der Waals surface area contributed by atoms with Gasteiger partial charge in [0.1, 0.15) is 0 Å². The van der Waals surface area contributed by atoms with Gasteiger partial charge in [-0.3, -0.25) is 14.1 Å². The minimum absolute atomic E-state index is 0.0772. The van der Waals surface area contributed by atoms with Gasteiger partial charge in [0.05, 0.1) is 17.2 Å². The highest BCUT2D eigenvalue weighted by Gasteiger charge is 2.26. The Bertz CT molecular complexity index is 1210. The molecule has 0 radical (unpaired) electrons. The fourth-order valence-electron chi connectivity index (χ4n) is 3.45. The highest BCUT2D eigenvalue weighted by Crippen LogP contribution is 2.44. The minimum Gasteiger partial charge on any atom is -0.273 e. The van der Waals surface area contributed by atoms with Crippen molar-refractivity contribution >= 4 is 54.4 Å². The minimum atomic E-state index is -3.59. The summed E-state index contributed by atoms with van der Waals surface area (Å²) in [4.78, 5) is 12.1. The second-order valence-corrected chi connectivity index (χ2v) is 10.7. The fourth-order valence-corrected chi connectivity index (χ4v) is 5.90. The number of benzene rings is 2. The normalized spacial score (nSPS) is 14.2. The Labute approximate surface area is 187 Å². The number of fused-ring (bicyclic) bond motifs is 1. The van der Waals surface area contributed by atoms with E-state index in [1.54, 1.807) is 6.92 Å². The summed E-state index contributed by atoms with van der Waals surface area (Å²) in [6.07, 6.45) is 2.88. The standard InChI is InChI=1S/C20H21BrN4O3S2/c1-2-11-30(27,28)24-18(26)12-29-20-23-22-19(21)25(20)17-10-9-14(13-7-8-13)15-5-3-4-6-16(15)17/h3-6,9-10,13H,2,7-8,11-12H2,1H3,(H,24,26). The zero-order valence-electron chi connectivity index (χ0n) is 16.3. The molecule has 0 spiro atoms. The predicted molar refractivity (Wildman–Crippen MR) is 121 cm³/mol. The summed E-state index contributed by atoms with van der Waals surface area (Å²) in [6, 6.07) is 12.4. The van der Waals surface area contributed by atoms with Crippen LogP contribution in [0.2, 0.25) is 0 Å². The van der Waals surface area contributed by atoms with Crippen molar-refractivity contribution in [1.29, 1.82) is 0 Å². The summed E-state index contributed by atoms with van der Waals surface area (Å²) in [5, 5.41) is 11.1. The third-order valence-electron chi connectivity index (χ3n) is 4.86. The van der Waals surface area contributed by atoms with Crippen LogP contribution in [0.4, 0.5) is 0 Å². The van der Waals surface area contributed by atoms with Crippen LogP contribution in [-0.2, 0) is 14.8 Å². The number of hydrogen-bond acceptors (Lipinski definition) is 6. The van der Waals surface area contributed by atoms with Gasteiger partial charge in [-0.2, -0.15) is 0 Å². The van der Waals surface area contributed by atoms with Crippen LogP contribution in [0.3, 0.4) is 0 Å². The molecule has 0 unspecified atom stereocenters. The number of amides is 1. The topological polar surface area (TPSA) is 93.9 Å². The van der Waals surface area contributed by atoms with E-state index in [4.69, 9.17) is 0 Å². The van der Waals surface area contributed by atoms with E-state index < -0.39 is 15.9 Å². The molecule has 1 N–H and O–H groups in total. The number of rotatable bonds is 8. The summed E-state index contributed by atoms with van der Waals surface area (Å²) in [6.45, 7) is 1.75. The molecule has 0 atom stereocenters. The molecule has 4 rings (SSSR count). The number of thioether (sulfide) groups is 1. The number of hydrogen-bond donors (Lipinski definition) is 1. The van der Waals surface area contributed by atoms with Gasteiger partial charge >= 0.3 is 0 Å². The number of aromatic nitrogens is 3. The SMILES string of the molecule is CCCS(=O)(=O)NC(=O)CSc1nnc(Br)n1-c1ccc(C2CC2)c2ccccc12. The van der Waals surface area contributed by atoms with Crippen LogP contribution in [0.25, 0.3) is 16.5 Å². The Kier molecular flexibility index (Phi) is 6.17. The van der Waals surface area contributed by atoms with E-state index >= 15 is 0 Å². The Morgan fingerprint density at radius 3 is 2.63 bits per heavy atom. The lowest BCUT2D eigenvalue weighted by molar-refractivity contribution is -0.116. The van der Waals surface area contributed by atoms with E-state index in [-0.39, 0.29) is 11.5 Å². The average Bonchev–Trinajstić information content (AvgIpc) is 3.48. The molecule has 1 aliphatic rings. The van der Waals surface area contributed by atoms with Crippen molar-refractivity contribution in [2.24, 2.45) is 0 Å². The highest BCUT2D eigenvalue weighted by atomic mass is 79.9. The van der Waals surface area contributed by atoms with Gasteiger partial charge in [-0.1, -0.05) is 49.0 Å². The molecule has 1 amide bonds. The van der Waals surface area contributed by atoms with Gasteiger partial charge in [-0.05, 0) is 58.1 Å². The molecule has 158 valence electrons. The molecule has 1 aliphatic carbocycles. The molecule has 0 saturated heterocycles. The van der Waals surface area contributed by atoms with Crippen molar-refractivity contribution in [3.05, 3.63) is 46.7 Å². The highest BCUT2D eigenvalue weighted by molar-refractivity contribution is 9.10. The van der Waals surface area contributed by atoms with Crippen molar-refractivity contribution in [3.8, 4) is 5.69 Å². The zero-order chi connectivity index (χ0) is 21.3. The molecule has 30 heavy (non-hydrogen) atoms. The van der Waals surface area contributed by atoms with Crippen LogP contribution < -0.4 is 4.72 Å². The summed E-state index contributed by atoms with van der Waals surface area (Å²) in [7, 11) is -3.59. The van der Waals surface area contributed by atoms with Gasteiger partial charge in [0, 0.05) is 5.39 Å². The predicted octanol–water partition coefficient (Wildman–Crippen LogP) is 4.01. The molecule has 1 heterocycles. The first-order chi connectivity index (χ1) is 14.4. The Balaban J connectivity index is 1.62. The molecular formula is C20H21BrN4O3S2. The van der Waals surface area contributed by atoms with E-state index in [0.29, 0.717) is 22.2 Å². The fraction of sp³-hybridized carbons (Fsp3) is 0.350. The Morgan fingerprint density at radius 2 is 1.93 bits per heavy atom. The first-order valence-electron chi connectivity index (χ1n) is 9.68. The number of halogens is 1. The smallest absolute Gasteiger partial charge is 0.243 e. The van der Waals surface area contributed by atoms with Crippen molar-refractivity contribution in [3.63, 3.8) is 0 Å². The van der Waals surface area contributed by atoms with Crippen LogP contribution in [0.1, 0.15) is 37.7 Å². The summed E-state index contributed by atoms with van der Waals surface area (Å²) < 4.78 is 28.1. The lowest BCUT2D eigenvalue weighted by Crippen LogP contribution is -2.33. The Hall–Kier alpha value is -1.91. The summed E-state index contributed by atoms with van der Waals surface area (Å²) in [5.74, 6) is -0.111. The molecule has 1 aromatic heterocycles. The average molecular weight is 509 g/mol. The van der Waals surface area contributed by atoms with Gasteiger partial charge in [-0.15, -0.1) is 10.2 Å². The lowest BCUT2D eigenvalue weighted by atomic mass is 9.99. The van der Waals surface area contributed by atoms with E-state index in [1.165, 1.54) is 23.8 Å². The molecule has 0 aliphatic heterocycles. The number of carbonyl (C=O) groups is 1. The van der Waals surface area contributed by atoms with Crippen LogP contribution in [0.5, 0.6) is 0 Å². The molecule has 1 saturated carbocycles. The van der Waals surface area contributed by atoms with Gasteiger partial charge < -0.3 is 0 Å². The van der Waals surface area contributed by atoms with Crippen molar-refractivity contribution in [1.82, 2.24) is 19.5 Å². The Morgan fingerprint density at radius 1 is 1.20 bits per heavy atom. The number of nitrogens with one attached hydrogen (secondary N) is 1. The molecule has 10 heteroatoms. The van der Waals surface area contributed by atoms with Crippen LogP contribution in [0.15, 0.2) is 46.3 Å². The second-order valence-electron chi connectivity index (χ2n) is 7.21. The van der Waals surface area contributed by atoms with Crippen molar-refractivity contribution in [2.75, 3.05) is 11.5 Å². The van der Waals surface area contributed by atoms with Crippen LogP contribution in [-0.4, -0.2) is 40.6 Å². The number of sulfonamides is 1. The molecule has 0 bridgehead atoms. The van der Waals surface area contributed by atoms with Crippen molar-refractivity contribution in [2.45, 2.75) is 37.3 Å². The molecule has 1 fully saturated rings. The maximum absolute atomic E-state index is 12.1. The third-order valence-corrected chi connectivity index (χ3v) is 7.79. The van der Waals surface area contributed by atoms with E-state index in [0.717, 1.165) is 22.8 Å². The second kappa shape index (κ2) is 8.68. The summed E-state index contributed by atoms with van der Waals surface area (Å²) in [5.41, 5.74) is 2.27. The zero-order valence-corrected chi connectivity index (χ0v) is 19.6. The van der Waals surface area contributed by atoms with Gasteiger partial charge in [0.15, 0.2) is 5.16 Å². The van der Waals surface area contributed by atoms with Crippen LogP contribution in [0, 0.1) is 0 Å². The largest absolute Gasteiger partial charge is 0.273 e. The monoisotopic (exact) mass is 508 g/mol. The number of carbonyl (C=O) groups excluding carboxylic acids is 1. The molecular weight excluding hydrogens is 488 g/mol. The first-order valence-corrected chi connectivity index (χ1v) is 13.1. The third kappa shape index (κ3) is 4.55. The molecule has 3 aromatic rings. The van der Waals surface area contributed by atoms with Gasteiger partial charge in [0.25, 0.3) is 0 Å². The van der Waals surface area contributed by atoms with Gasteiger partial charge in [0.2, 0.25) is 20.7 Å². The van der Waals surface area contributed by atoms with Gasteiger partial charge in [-0.25, -0.2) is 8.42 Å². The molecule has 7 nitrogen and oxygen atoms in total. The van der Waals surface area contributed by atoms with Crippen LogP contribution >= 0.6 is 27.7 Å². The quantitative estimate of drug-likeness (QED) is 0.462. The van der Waals surface area contributed by atoms with Crippen molar-refractivity contribution < 1.29 is 13.2 Å². The number of nitrogens with zero attached hydrogens (tertiary/aromatic N) is 3. The first kappa shape index (κ1) is 21.3. The van der Waals surface area contributed by atoms with E-state index in [9.17, 15) is 13.2 Å².